The molecule has 0 amide bonds. The van der Waals surface area contributed by atoms with Crippen LogP contribution in [0.1, 0.15) is 106 Å². The smallest absolute Gasteiger partial charge is 0.330 e. The van der Waals surface area contributed by atoms with Gasteiger partial charge in [-0.2, -0.15) is 0 Å². The highest BCUT2D eigenvalue weighted by Gasteiger charge is 2.17. The van der Waals surface area contributed by atoms with E-state index in [1.807, 2.05) is 6.92 Å². The van der Waals surface area contributed by atoms with Crippen LogP contribution in [-0.4, -0.2) is 102 Å². The van der Waals surface area contributed by atoms with Gasteiger partial charge in [0.1, 0.15) is 19.0 Å². The molecule has 6 rings (SSSR count). The van der Waals surface area contributed by atoms with Crippen LogP contribution in [0.25, 0.3) is 33.5 Å². The Hall–Kier alpha value is -5.75. The first-order chi connectivity index (χ1) is 29.5. The van der Waals surface area contributed by atoms with E-state index in [1.165, 1.54) is 28.1 Å². The van der Waals surface area contributed by atoms with Crippen LogP contribution in [0, 0.1) is 0 Å². The Balaban J connectivity index is 0.000000208. The highest BCUT2D eigenvalue weighted by Crippen LogP contribution is 2.14. The van der Waals surface area contributed by atoms with E-state index < -0.39 is 39.4 Å². The molecule has 8 N–H and O–H groups in total. The van der Waals surface area contributed by atoms with Gasteiger partial charge >= 0.3 is 17.1 Å². The molecular weight excluding hydrogens is 825 g/mol. The van der Waals surface area contributed by atoms with Crippen LogP contribution in [-0.2, 0) is 37.8 Å². The molecule has 6 heterocycles. The van der Waals surface area contributed by atoms with Crippen LogP contribution < -0.4 is 33.7 Å². The number of nitrogens with one attached hydrogen (secondary N) is 4. The number of rotatable bonds is 19. The fourth-order valence-electron chi connectivity index (χ4n) is 6.61. The molecule has 0 unspecified atom stereocenters. The van der Waals surface area contributed by atoms with E-state index in [0.717, 1.165) is 22.0 Å². The summed E-state index contributed by atoms with van der Waals surface area (Å²) < 4.78 is 11.6. The Kier molecular flexibility index (Phi) is 17.1. The SMILES string of the molecule is CC(C)(O)CCCCn1c(=O)[nH]c2nc[nH]c2c1=O.CC(C)(O)CCCCn1c(=O)[nH]c2ncn(CO)c2c1=O.CCOCn1cnc2[nH]c(=O)n(CCCCC(C)(C)O)c(=O)c21. The molecule has 0 spiro atoms. The monoisotopic (exact) mass is 886 g/mol. The molecule has 348 valence electrons. The zero-order valence-corrected chi connectivity index (χ0v) is 37.1. The quantitative estimate of drug-likeness (QED) is 0.0526. The highest BCUT2D eigenvalue weighted by molar-refractivity contribution is 5.70. The van der Waals surface area contributed by atoms with Crippen molar-refractivity contribution in [2.45, 2.75) is 156 Å². The van der Waals surface area contributed by atoms with Crippen molar-refractivity contribution in [1.29, 1.82) is 0 Å². The van der Waals surface area contributed by atoms with Gasteiger partial charge in [-0.05, 0) is 106 Å². The number of unbranched alkanes of at least 4 members (excludes halogenated alkanes) is 3. The number of aliphatic hydroxyl groups is 4. The summed E-state index contributed by atoms with van der Waals surface area (Å²) in [6.07, 6.45) is 10.1. The fourth-order valence-corrected chi connectivity index (χ4v) is 6.61. The number of fused-ring (bicyclic) bond motifs is 3. The van der Waals surface area contributed by atoms with Gasteiger partial charge in [-0.1, -0.05) is 0 Å². The van der Waals surface area contributed by atoms with Crippen molar-refractivity contribution in [1.82, 2.24) is 57.7 Å². The number of hydrogen-bond donors (Lipinski definition) is 8. The molecule has 0 saturated heterocycles. The molecule has 0 atom stereocenters. The Bertz CT molecular complexity index is 2780. The molecule has 0 aliphatic carbocycles. The predicted molar refractivity (Wildman–Crippen MR) is 234 cm³/mol. The van der Waals surface area contributed by atoms with E-state index in [1.54, 1.807) is 46.1 Å². The number of hydrogen-bond acceptors (Lipinski definition) is 14. The average Bonchev–Trinajstić information content (AvgIpc) is 3.94. The summed E-state index contributed by atoms with van der Waals surface area (Å²) in [7, 11) is 0. The van der Waals surface area contributed by atoms with Gasteiger partial charge in [0.05, 0.1) is 35.8 Å². The van der Waals surface area contributed by atoms with Gasteiger partial charge in [0.25, 0.3) is 16.7 Å². The zero-order chi connectivity index (χ0) is 46.7. The van der Waals surface area contributed by atoms with Gasteiger partial charge in [0, 0.05) is 26.2 Å². The van der Waals surface area contributed by atoms with Crippen LogP contribution in [0.15, 0.2) is 47.7 Å². The van der Waals surface area contributed by atoms with E-state index >= 15 is 0 Å². The third kappa shape index (κ3) is 14.1. The topological polar surface area (TPSA) is 319 Å². The van der Waals surface area contributed by atoms with E-state index in [9.17, 15) is 44.1 Å². The first-order valence-corrected chi connectivity index (χ1v) is 20.9. The summed E-state index contributed by atoms with van der Waals surface area (Å²) in [5.74, 6) is 0. The lowest BCUT2D eigenvalue weighted by Gasteiger charge is -2.16. The van der Waals surface area contributed by atoms with E-state index in [4.69, 9.17) is 9.84 Å². The van der Waals surface area contributed by atoms with Gasteiger partial charge in [-0.15, -0.1) is 0 Å². The number of ether oxygens (including phenoxy) is 1. The summed E-state index contributed by atoms with van der Waals surface area (Å²) in [4.78, 5) is 94.8. The van der Waals surface area contributed by atoms with Crippen LogP contribution in [0.2, 0.25) is 0 Å². The second kappa shape index (κ2) is 21.6. The summed E-state index contributed by atoms with van der Waals surface area (Å²) in [6, 6.07) is 0. The van der Waals surface area contributed by atoms with Gasteiger partial charge in [0.2, 0.25) is 0 Å². The molecule has 63 heavy (non-hydrogen) atoms. The van der Waals surface area contributed by atoms with Gasteiger partial charge in [-0.25, -0.2) is 29.3 Å². The minimum absolute atomic E-state index is 0.173. The zero-order valence-electron chi connectivity index (χ0n) is 37.1. The van der Waals surface area contributed by atoms with Crippen LogP contribution in [0.4, 0.5) is 0 Å². The molecule has 0 aliphatic heterocycles. The van der Waals surface area contributed by atoms with Crippen molar-refractivity contribution in [2.75, 3.05) is 6.61 Å². The summed E-state index contributed by atoms with van der Waals surface area (Å²) in [6.45, 7) is 13.5. The van der Waals surface area contributed by atoms with E-state index in [-0.39, 0.29) is 53.6 Å². The highest BCUT2D eigenvalue weighted by atomic mass is 16.5. The minimum Gasteiger partial charge on any atom is -0.390 e. The van der Waals surface area contributed by atoms with Crippen molar-refractivity contribution in [3.63, 3.8) is 0 Å². The van der Waals surface area contributed by atoms with Crippen molar-refractivity contribution < 1.29 is 25.2 Å². The largest absolute Gasteiger partial charge is 0.390 e. The lowest BCUT2D eigenvalue weighted by Crippen LogP contribution is -2.36. The van der Waals surface area contributed by atoms with Crippen molar-refractivity contribution in [2.24, 2.45) is 0 Å². The normalized spacial score (nSPS) is 12.2. The molecule has 0 aliphatic rings. The molecule has 0 saturated carbocycles. The molecule has 6 aromatic heterocycles. The second-order valence-electron chi connectivity index (χ2n) is 17.2. The van der Waals surface area contributed by atoms with Crippen molar-refractivity contribution in [3.05, 3.63) is 81.5 Å². The Morgan fingerprint density at radius 1 is 0.571 bits per heavy atom. The first kappa shape index (κ1) is 49.9. The van der Waals surface area contributed by atoms with Gasteiger partial charge in [-0.3, -0.25) is 43.0 Å². The molecule has 23 heteroatoms. The maximum absolute atomic E-state index is 12.6. The Labute approximate surface area is 360 Å². The van der Waals surface area contributed by atoms with Crippen LogP contribution in [0.3, 0.4) is 0 Å². The molecule has 6 aromatic rings. The Morgan fingerprint density at radius 3 is 1.38 bits per heavy atom. The first-order valence-electron chi connectivity index (χ1n) is 20.9. The molecular formula is C40H62N12O11. The van der Waals surface area contributed by atoms with Crippen molar-refractivity contribution in [3.8, 4) is 0 Å². The lowest BCUT2D eigenvalue weighted by molar-refractivity contribution is 0.0672. The summed E-state index contributed by atoms with van der Waals surface area (Å²) in [5, 5.41) is 38.1. The van der Waals surface area contributed by atoms with E-state index in [2.05, 4.69) is 34.9 Å². The molecule has 0 radical (unpaired) electrons. The maximum Gasteiger partial charge on any atom is 0.330 e. The Morgan fingerprint density at radius 2 is 0.968 bits per heavy atom. The van der Waals surface area contributed by atoms with Crippen molar-refractivity contribution >= 4 is 33.5 Å². The molecule has 0 fully saturated rings. The van der Waals surface area contributed by atoms with Gasteiger partial charge in [0.15, 0.2) is 28.0 Å². The summed E-state index contributed by atoms with van der Waals surface area (Å²) in [5.41, 5.74) is -3.30. The maximum atomic E-state index is 12.6. The lowest BCUT2D eigenvalue weighted by atomic mass is 10.0. The van der Waals surface area contributed by atoms with Crippen LogP contribution in [0.5, 0.6) is 0 Å². The van der Waals surface area contributed by atoms with Gasteiger partial charge < -0.3 is 39.3 Å². The fraction of sp³-hybridized carbons (Fsp3) is 0.625. The summed E-state index contributed by atoms with van der Waals surface area (Å²) >= 11 is 0. The average molecular weight is 887 g/mol. The number of nitrogens with zero attached hydrogens (tertiary/aromatic N) is 8. The third-order valence-electron chi connectivity index (χ3n) is 9.93. The predicted octanol–water partition coefficient (Wildman–Crippen LogP) is 0.953. The second-order valence-corrected chi connectivity index (χ2v) is 17.2. The number of imidazole rings is 3. The number of aromatic nitrogens is 12. The molecule has 0 aromatic carbocycles. The molecule has 0 bridgehead atoms. The van der Waals surface area contributed by atoms with Crippen LogP contribution >= 0.6 is 0 Å². The number of aromatic amines is 4. The minimum atomic E-state index is -0.753. The molecule has 23 nitrogen and oxygen atoms in total. The number of H-pyrrole nitrogens is 4. The van der Waals surface area contributed by atoms with E-state index in [0.29, 0.717) is 75.7 Å². The number of aliphatic hydroxyl groups excluding tert-OH is 1. The third-order valence-corrected chi connectivity index (χ3v) is 9.93. The standard InChI is InChI=1S/C15H24N4O4.C13H20N4O4.C12H18N4O3/c1-4-23-10-18-9-16-12-11(18)13(20)19(14(21)17-12)8-6-5-7-15(2,3)22;1-13(2,21)5-3-4-6-17-11(19)9-10(15-12(17)20)14-7-16(9)8-18;1-12(2,19)5-3-4-6-16-10(17)8-9(14-7-13-8)15-11(16)18/h9,22H,4-8,10H2,1-3H3,(H,17,21);7,18,21H,3-6,8H2,1-2H3,(H,15,20);7,19H,3-6H2,1-2H3,(H,13,14)(H,15,18).